The quantitative estimate of drug-likeness (QED) is 0.740. The molecule has 0 unspecified atom stereocenters. The summed E-state index contributed by atoms with van der Waals surface area (Å²) in [5.74, 6) is 1.02. The highest BCUT2D eigenvalue weighted by Gasteiger charge is 2.28. The summed E-state index contributed by atoms with van der Waals surface area (Å²) in [7, 11) is 0. The maximum Gasteiger partial charge on any atom is 0.251 e. The van der Waals surface area contributed by atoms with Crippen molar-refractivity contribution in [3.8, 4) is 0 Å². The second-order valence-electron chi connectivity index (χ2n) is 7.71. The first-order chi connectivity index (χ1) is 12.1. The molecule has 1 heterocycles. The van der Waals surface area contributed by atoms with Crippen molar-refractivity contribution in [2.75, 3.05) is 5.32 Å². The van der Waals surface area contributed by atoms with Crippen LogP contribution < -0.4 is 11.1 Å². The summed E-state index contributed by atoms with van der Waals surface area (Å²) in [5.41, 5.74) is 7.31. The van der Waals surface area contributed by atoms with Gasteiger partial charge < -0.3 is 11.1 Å². The molecule has 1 atom stereocenters. The van der Waals surface area contributed by atoms with Gasteiger partial charge >= 0.3 is 0 Å². The zero-order valence-electron chi connectivity index (χ0n) is 15.2. The van der Waals surface area contributed by atoms with Crippen molar-refractivity contribution in [2.45, 2.75) is 77.6 Å². The minimum absolute atomic E-state index is 0.0260. The summed E-state index contributed by atoms with van der Waals surface area (Å²) >= 11 is 1.57. The predicted molar refractivity (Wildman–Crippen MR) is 103 cm³/mol. The number of fused-ring (bicyclic) bond motifs is 1. The molecule has 0 aromatic carbocycles. The predicted octanol–water partition coefficient (Wildman–Crippen LogP) is 4.66. The molecule has 0 bridgehead atoms. The van der Waals surface area contributed by atoms with Gasteiger partial charge in [0.25, 0.3) is 5.91 Å². The Kier molecular flexibility index (Phi) is 6.15. The lowest BCUT2D eigenvalue weighted by Crippen LogP contribution is -2.20. The van der Waals surface area contributed by atoms with Crippen molar-refractivity contribution < 1.29 is 9.59 Å². The number of primary amides is 1. The van der Waals surface area contributed by atoms with E-state index < -0.39 is 5.91 Å². The fourth-order valence-corrected chi connectivity index (χ4v) is 5.86. The second-order valence-corrected chi connectivity index (χ2v) is 8.81. The first-order valence-electron chi connectivity index (χ1n) is 9.82. The van der Waals surface area contributed by atoms with Crippen molar-refractivity contribution in [1.82, 2.24) is 0 Å². The molecule has 25 heavy (non-hydrogen) atoms. The molecule has 1 fully saturated rings. The topological polar surface area (TPSA) is 72.2 Å². The lowest BCUT2D eigenvalue weighted by Gasteiger charge is -2.21. The number of hydrogen-bond acceptors (Lipinski definition) is 3. The Balaban J connectivity index is 1.68. The molecule has 2 amide bonds. The van der Waals surface area contributed by atoms with Crippen LogP contribution in [0.25, 0.3) is 0 Å². The van der Waals surface area contributed by atoms with E-state index >= 15 is 0 Å². The third-order valence-corrected chi connectivity index (χ3v) is 6.99. The first kappa shape index (κ1) is 18.4. The average Bonchev–Trinajstić information content (AvgIpc) is 3.19. The van der Waals surface area contributed by atoms with Gasteiger partial charge in [0.15, 0.2) is 0 Å². The molecule has 1 aromatic rings. The van der Waals surface area contributed by atoms with Gasteiger partial charge in [0.05, 0.1) is 5.56 Å². The van der Waals surface area contributed by atoms with Crippen molar-refractivity contribution >= 4 is 28.2 Å². The molecule has 3 rings (SSSR count). The normalized spacial score (nSPS) is 20.4. The third kappa shape index (κ3) is 4.43. The summed E-state index contributed by atoms with van der Waals surface area (Å²) in [5, 5.41) is 3.68. The monoisotopic (exact) mass is 362 g/mol. The van der Waals surface area contributed by atoms with Crippen LogP contribution in [0, 0.1) is 11.8 Å². The molecule has 0 spiro atoms. The highest BCUT2D eigenvalue weighted by Crippen LogP contribution is 2.40. The third-order valence-electron chi connectivity index (χ3n) is 5.82. The minimum Gasteiger partial charge on any atom is -0.365 e. The smallest absolute Gasteiger partial charge is 0.251 e. The fraction of sp³-hybridized carbons (Fsp3) is 0.700. The zero-order valence-corrected chi connectivity index (χ0v) is 16.1. The number of amides is 2. The van der Waals surface area contributed by atoms with Crippen LogP contribution in [-0.2, 0) is 17.6 Å². The van der Waals surface area contributed by atoms with Gasteiger partial charge in [0, 0.05) is 11.3 Å². The van der Waals surface area contributed by atoms with Gasteiger partial charge in [0.1, 0.15) is 5.00 Å². The summed E-state index contributed by atoms with van der Waals surface area (Å²) in [4.78, 5) is 25.6. The minimum atomic E-state index is -0.405. The fourth-order valence-electron chi connectivity index (χ4n) is 4.48. The van der Waals surface area contributed by atoms with Gasteiger partial charge in [-0.3, -0.25) is 9.59 Å². The van der Waals surface area contributed by atoms with E-state index in [0.29, 0.717) is 28.8 Å². The van der Waals surface area contributed by atoms with Crippen LogP contribution >= 0.6 is 11.3 Å². The molecule has 3 N–H and O–H groups in total. The lowest BCUT2D eigenvalue weighted by molar-refractivity contribution is -0.116. The van der Waals surface area contributed by atoms with E-state index in [0.717, 1.165) is 31.2 Å². The lowest BCUT2D eigenvalue weighted by atomic mass is 9.84. The van der Waals surface area contributed by atoms with E-state index in [1.165, 1.54) is 43.4 Å². The van der Waals surface area contributed by atoms with Gasteiger partial charge in [0.2, 0.25) is 5.91 Å². The average molecular weight is 363 g/mol. The Morgan fingerprint density at radius 2 is 1.92 bits per heavy atom. The van der Waals surface area contributed by atoms with Crippen LogP contribution in [0.3, 0.4) is 0 Å². The largest absolute Gasteiger partial charge is 0.365 e. The number of carbonyl (C=O) groups is 2. The maximum absolute atomic E-state index is 12.4. The molecule has 0 radical (unpaired) electrons. The number of nitrogens with two attached hydrogens (primary N) is 1. The Hall–Kier alpha value is -1.36. The molecule has 1 saturated carbocycles. The Morgan fingerprint density at radius 3 is 2.60 bits per heavy atom. The Labute approximate surface area is 154 Å². The van der Waals surface area contributed by atoms with Gasteiger partial charge in [-0.1, -0.05) is 45.4 Å². The molecule has 0 saturated heterocycles. The molecule has 1 aromatic heterocycles. The molecule has 2 aliphatic rings. The molecule has 5 heteroatoms. The second kappa shape index (κ2) is 8.35. The zero-order chi connectivity index (χ0) is 17.8. The molecule has 138 valence electrons. The summed E-state index contributed by atoms with van der Waals surface area (Å²) < 4.78 is 0. The standard InChI is InChI=1S/C20H30N2O2S/c1-2-5-14-8-10-15-16(12-14)25-20(18(15)19(21)24)22-17(23)11-9-13-6-3-4-7-13/h13-14H,2-12H2,1H3,(H2,21,24)(H,22,23)/t14-/m0/s1. The number of carbonyl (C=O) groups excluding carboxylic acids is 2. The van der Waals surface area contributed by atoms with E-state index in [1.54, 1.807) is 11.3 Å². The van der Waals surface area contributed by atoms with Crippen molar-refractivity contribution in [2.24, 2.45) is 17.6 Å². The van der Waals surface area contributed by atoms with E-state index in [4.69, 9.17) is 5.73 Å². The van der Waals surface area contributed by atoms with Gasteiger partial charge in [-0.2, -0.15) is 0 Å². The van der Waals surface area contributed by atoms with Crippen molar-refractivity contribution in [3.63, 3.8) is 0 Å². The van der Waals surface area contributed by atoms with E-state index in [1.807, 2.05) is 0 Å². The highest BCUT2D eigenvalue weighted by molar-refractivity contribution is 7.17. The number of thiophene rings is 1. The number of hydrogen-bond donors (Lipinski definition) is 2. The molecular formula is C20H30N2O2S. The van der Waals surface area contributed by atoms with Crippen LogP contribution in [0.2, 0.25) is 0 Å². The highest BCUT2D eigenvalue weighted by atomic mass is 32.1. The first-order valence-corrected chi connectivity index (χ1v) is 10.6. The van der Waals surface area contributed by atoms with Gasteiger partial charge in [-0.25, -0.2) is 0 Å². The van der Waals surface area contributed by atoms with Crippen LogP contribution in [0.5, 0.6) is 0 Å². The van der Waals surface area contributed by atoms with E-state index in [9.17, 15) is 9.59 Å². The summed E-state index contributed by atoms with van der Waals surface area (Å²) in [6.45, 7) is 2.22. The Morgan fingerprint density at radius 1 is 1.16 bits per heavy atom. The SMILES string of the molecule is CCC[C@H]1CCc2c(sc(NC(=O)CCC3CCCC3)c2C(N)=O)C1. The molecule has 0 aliphatic heterocycles. The van der Waals surface area contributed by atoms with Gasteiger partial charge in [-0.15, -0.1) is 11.3 Å². The van der Waals surface area contributed by atoms with Crippen LogP contribution in [0.15, 0.2) is 0 Å². The molecule has 4 nitrogen and oxygen atoms in total. The van der Waals surface area contributed by atoms with Crippen molar-refractivity contribution in [3.05, 3.63) is 16.0 Å². The molecule has 2 aliphatic carbocycles. The maximum atomic E-state index is 12.4. The molecular weight excluding hydrogens is 332 g/mol. The van der Waals surface area contributed by atoms with Crippen LogP contribution in [-0.4, -0.2) is 11.8 Å². The number of anilines is 1. The van der Waals surface area contributed by atoms with E-state index in [2.05, 4.69) is 12.2 Å². The van der Waals surface area contributed by atoms with Crippen LogP contribution in [0.1, 0.15) is 85.5 Å². The van der Waals surface area contributed by atoms with Gasteiger partial charge in [-0.05, 0) is 43.1 Å². The van der Waals surface area contributed by atoms with Crippen molar-refractivity contribution in [1.29, 1.82) is 0 Å². The number of nitrogens with one attached hydrogen (secondary N) is 1. The number of rotatable bonds is 7. The Bertz CT molecular complexity index is 632. The van der Waals surface area contributed by atoms with E-state index in [-0.39, 0.29) is 5.91 Å². The van der Waals surface area contributed by atoms with Crippen LogP contribution in [0.4, 0.5) is 5.00 Å². The summed E-state index contributed by atoms with van der Waals surface area (Å²) in [6.07, 6.45) is 12.1. The summed E-state index contributed by atoms with van der Waals surface area (Å²) in [6, 6.07) is 0.